The number of ether oxygens (including phenoxy) is 2. The predicted molar refractivity (Wildman–Crippen MR) is 194 cm³/mol. The maximum Gasteiger partial charge on any atom is 0.410 e. The number of rotatable bonds is 7. The summed E-state index contributed by atoms with van der Waals surface area (Å²) in [5.74, 6) is -1.68. The number of anilines is 2. The Kier molecular flexibility index (Phi) is 10.6. The quantitative estimate of drug-likeness (QED) is 0.262. The van der Waals surface area contributed by atoms with E-state index in [1.54, 1.807) is 24.1 Å². The molecule has 0 radical (unpaired) electrons. The molecule has 0 spiro atoms. The third kappa shape index (κ3) is 8.02. The normalized spacial score (nSPS) is 20.4. The molecule has 3 aliphatic rings. The summed E-state index contributed by atoms with van der Waals surface area (Å²) < 4.78 is 57.5. The summed E-state index contributed by atoms with van der Waals surface area (Å²) in [6.07, 6.45) is 6.16. The molecule has 1 saturated heterocycles. The van der Waals surface area contributed by atoms with Crippen molar-refractivity contribution in [3.63, 3.8) is 0 Å². The second-order valence-corrected chi connectivity index (χ2v) is 16.9. The highest BCUT2D eigenvalue weighted by atomic mass is 32.2. The molecule has 0 unspecified atom stereocenters. The van der Waals surface area contributed by atoms with E-state index in [0.717, 1.165) is 43.9 Å². The minimum Gasteiger partial charge on any atom is -0.493 e. The largest absolute Gasteiger partial charge is 0.493 e. The molecule has 6 rings (SSSR count). The first-order valence-corrected chi connectivity index (χ1v) is 19.3. The number of para-hydroxylation sites is 1. The molecule has 51 heavy (non-hydrogen) atoms. The second-order valence-electron chi connectivity index (χ2n) is 15.0. The number of hydrogen-bond acceptors (Lipinski definition) is 7. The van der Waals surface area contributed by atoms with E-state index < -0.39 is 33.0 Å². The van der Waals surface area contributed by atoms with Crippen molar-refractivity contribution >= 4 is 33.5 Å². The zero-order valence-corrected chi connectivity index (χ0v) is 30.6. The first kappa shape index (κ1) is 36.6. The Labute approximate surface area is 300 Å². The topological polar surface area (TPSA) is 117 Å². The molecule has 2 fully saturated rings. The van der Waals surface area contributed by atoms with Crippen LogP contribution in [-0.2, 0) is 14.8 Å². The van der Waals surface area contributed by atoms with Gasteiger partial charge in [0.2, 0.25) is 10.0 Å². The van der Waals surface area contributed by atoms with Crippen LogP contribution in [0.3, 0.4) is 0 Å². The van der Waals surface area contributed by atoms with Crippen molar-refractivity contribution in [1.82, 2.24) is 9.21 Å². The van der Waals surface area contributed by atoms with Crippen molar-refractivity contribution in [2.24, 2.45) is 11.8 Å². The molecule has 274 valence electrons. The lowest BCUT2D eigenvalue weighted by atomic mass is 9.83. The highest BCUT2D eigenvalue weighted by molar-refractivity contribution is 7.89. The predicted octanol–water partition coefficient (Wildman–Crippen LogP) is 7.94. The molecule has 1 N–H and O–H groups in total. The average molecular weight is 722 g/mol. The van der Waals surface area contributed by atoms with Crippen LogP contribution >= 0.6 is 0 Å². The second kappa shape index (κ2) is 14.8. The Morgan fingerprint density at radius 3 is 2.27 bits per heavy atom. The molecule has 0 bridgehead atoms. The highest BCUT2D eigenvalue weighted by Crippen LogP contribution is 2.46. The van der Waals surface area contributed by atoms with Gasteiger partial charge in [0.25, 0.3) is 0 Å². The summed E-state index contributed by atoms with van der Waals surface area (Å²) in [6, 6.07) is 16.5. The summed E-state index contributed by atoms with van der Waals surface area (Å²) in [5, 5.41) is 9.75. The van der Waals surface area contributed by atoms with E-state index in [4.69, 9.17) is 9.47 Å². The number of likely N-dealkylation sites (N-methyl/N-ethyl adjacent to an activating group) is 1. The number of benzene rings is 3. The van der Waals surface area contributed by atoms with Gasteiger partial charge in [-0.15, -0.1) is 0 Å². The Morgan fingerprint density at radius 2 is 1.63 bits per heavy atom. The molecule has 1 aliphatic carbocycles. The number of carboxylic acids is 1. The number of aromatic carboxylic acids is 1. The monoisotopic (exact) mass is 721 g/mol. The van der Waals surface area contributed by atoms with E-state index >= 15 is 0 Å². The molecule has 1 saturated carbocycles. The van der Waals surface area contributed by atoms with E-state index in [2.05, 4.69) is 4.90 Å². The van der Waals surface area contributed by atoms with Crippen molar-refractivity contribution in [2.45, 2.75) is 82.3 Å². The molecule has 10 nitrogen and oxygen atoms in total. The molecule has 2 aliphatic heterocycles. The standard InChI is InChI=1S/C39H48FN3O7S/c1-39(2,3)50-38(46)42-19-17-26(18-20-42)25-49-35-23-33-36(22-30(35)28-15-16-32(40)31(21-28)37(44)45)51(47,48)41(4)34(27-11-7-5-8-12-27)24-43(33)29-13-9-6-10-14-29/h6,9-10,13-16,21-23,26-27,34H,5,7-8,11-12,17-20,24-25H2,1-4H3,(H,44,45)/t34-/m0/s1. The molecule has 1 atom stereocenters. The van der Waals surface area contributed by atoms with E-state index in [1.165, 1.54) is 16.4 Å². The van der Waals surface area contributed by atoms with Crippen LogP contribution in [0.15, 0.2) is 65.6 Å². The molecule has 2 heterocycles. The molecular formula is C39H48FN3O7S. The number of likely N-dealkylation sites (tertiary alicyclic amines) is 1. The van der Waals surface area contributed by atoms with Crippen molar-refractivity contribution in [3.8, 4) is 16.9 Å². The van der Waals surface area contributed by atoms with Crippen molar-refractivity contribution in [2.75, 3.05) is 38.2 Å². The zero-order valence-electron chi connectivity index (χ0n) is 29.8. The molecule has 0 aromatic heterocycles. The van der Waals surface area contributed by atoms with E-state index in [9.17, 15) is 27.5 Å². The van der Waals surface area contributed by atoms with Gasteiger partial charge in [0.15, 0.2) is 0 Å². The van der Waals surface area contributed by atoms with Crippen LogP contribution in [0, 0.1) is 17.7 Å². The highest BCUT2D eigenvalue weighted by Gasteiger charge is 2.41. The van der Waals surface area contributed by atoms with E-state index in [-0.39, 0.29) is 35.5 Å². The smallest absolute Gasteiger partial charge is 0.410 e. The van der Waals surface area contributed by atoms with Gasteiger partial charge in [-0.05, 0) is 94.2 Å². The number of nitrogens with zero attached hydrogens (tertiary/aromatic N) is 3. The number of carbonyl (C=O) groups is 2. The summed E-state index contributed by atoms with van der Waals surface area (Å²) in [4.78, 5) is 28.4. The van der Waals surface area contributed by atoms with Crippen LogP contribution in [0.2, 0.25) is 0 Å². The first-order valence-electron chi connectivity index (χ1n) is 17.9. The minimum absolute atomic E-state index is 0.0707. The molecule has 1 amide bonds. The molecule has 3 aromatic rings. The average Bonchev–Trinajstić information content (AvgIpc) is 3.18. The van der Waals surface area contributed by atoms with Gasteiger partial charge in [-0.1, -0.05) is 43.5 Å². The Balaban J connectivity index is 1.41. The summed E-state index contributed by atoms with van der Waals surface area (Å²) in [5.41, 5.74) is 0.864. The minimum atomic E-state index is -4.04. The van der Waals surface area contributed by atoms with Gasteiger partial charge in [-0.2, -0.15) is 4.31 Å². The fraction of sp³-hybridized carbons (Fsp3) is 0.487. The summed E-state index contributed by atoms with van der Waals surface area (Å²) in [7, 11) is -2.39. The number of piperidine rings is 1. The Hall–Kier alpha value is -4.16. The number of fused-ring (bicyclic) bond motifs is 1. The van der Waals surface area contributed by atoms with Crippen LogP contribution in [-0.4, -0.2) is 79.7 Å². The molecule has 12 heteroatoms. The lowest BCUT2D eigenvalue weighted by molar-refractivity contribution is 0.0165. The van der Waals surface area contributed by atoms with Gasteiger partial charge >= 0.3 is 12.1 Å². The van der Waals surface area contributed by atoms with Crippen LogP contribution in [0.4, 0.5) is 20.6 Å². The lowest BCUT2D eigenvalue weighted by Crippen LogP contribution is -2.46. The number of amides is 1. The third-order valence-corrected chi connectivity index (χ3v) is 12.3. The van der Waals surface area contributed by atoms with Crippen LogP contribution in [0.1, 0.15) is 76.1 Å². The van der Waals surface area contributed by atoms with Gasteiger partial charge in [-0.3, -0.25) is 0 Å². The number of hydrogen-bond donors (Lipinski definition) is 1. The van der Waals surface area contributed by atoms with Gasteiger partial charge in [0.1, 0.15) is 22.1 Å². The van der Waals surface area contributed by atoms with Crippen LogP contribution in [0.5, 0.6) is 5.75 Å². The molecular weight excluding hydrogens is 674 g/mol. The van der Waals surface area contributed by atoms with Crippen molar-refractivity contribution < 1.29 is 37.0 Å². The third-order valence-electron chi connectivity index (χ3n) is 10.4. The van der Waals surface area contributed by atoms with Crippen molar-refractivity contribution in [1.29, 1.82) is 0 Å². The van der Waals surface area contributed by atoms with Gasteiger partial charge < -0.3 is 24.4 Å². The van der Waals surface area contributed by atoms with Gasteiger partial charge in [0, 0.05) is 50.0 Å². The summed E-state index contributed by atoms with van der Waals surface area (Å²) in [6.45, 7) is 7.25. The fourth-order valence-electron chi connectivity index (χ4n) is 7.54. The number of sulfonamides is 1. The first-order chi connectivity index (χ1) is 24.2. The lowest BCUT2D eigenvalue weighted by Gasteiger charge is -2.36. The Bertz CT molecular complexity index is 1850. The Morgan fingerprint density at radius 1 is 0.941 bits per heavy atom. The van der Waals surface area contributed by atoms with Crippen LogP contribution < -0.4 is 9.64 Å². The zero-order chi connectivity index (χ0) is 36.5. The number of carbonyl (C=O) groups excluding carboxylic acids is 1. The van der Waals surface area contributed by atoms with E-state index in [1.807, 2.05) is 51.1 Å². The molecule has 3 aromatic carbocycles. The van der Waals surface area contributed by atoms with Gasteiger partial charge in [-0.25, -0.2) is 22.4 Å². The maximum absolute atomic E-state index is 14.6. The maximum atomic E-state index is 14.6. The summed E-state index contributed by atoms with van der Waals surface area (Å²) >= 11 is 0. The van der Waals surface area contributed by atoms with Gasteiger partial charge in [0.05, 0.1) is 17.9 Å². The number of halogens is 1. The fourth-order valence-corrected chi connectivity index (χ4v) is 9.14. The SMILES string of the molecule is CN1[C@H](C2CCCCC2)CN(c2ccccc2)c2cc(OCC3CCN(C(=O)OC(C)(C)C)CC3)c(-c3ccc(F)c(C(=O)O)c3)cc2S1(=O)=O. The van der Waals surface area contributed by atoms with Crippen LogP contribution in [0.25, 0.3) is 11.1 Å². The van der Waals surface area contributed by atoms with E-state index in [0.29, 0.717) is 55.0 Å². The number of carboxylic acid groups (broad SMARTS) is 1. The van der Waals surface area contributed by atoms with Crippen molar-refractivity contribution in [3.05, 3.63) is 72.0 Å².